The minimum Gasteiger partial charge on any atom is -0.481 e. The lowest BCUT2D eigenvalue weighted by molar-refractivity contribution is -0.139. The Hall–Kier alpha value is -1.38. The van der Waals surface area contributed by atoms with Crippen LogP contribution < -0.4 is 0 Å². The Morgan fingerprint density at radius 2 is 1.94 bits per heavy atom. The van der Waals surface area contributed by atoms with Crippen molar-refractivity contribution < 1.29 is 14.3 Å². The first kappa shape index (κ1) is 10.8. The highest BCUT2D eigenvalue weighted by Gasteiger charge is 2.64. The van der Waals surface area contributed by atoms with E-state index in [2.05, 4.69) is 0 Å². The molecule has 0 amide bonds. The van der Waals surface area contributed by atoms with Crippen LogP contribution in [0.2, 0.25) is 0 Å². The zero-order valence-corrected chi connectivity index (χ0v) is 9.53. The van der Waals surface area contributed by atoms with Crippen LogP contribution in [0.3, 0.4) is 0 Å². The third-order valence-corrected chi connectivity index (χ3v) is 4.52. The molecule has 1 aromatic rings. The van der Waals surface area contributed by atoms with E-state index in [9.17, 15) is 14.3 Å². The maximum absolute atomic E-state index is 12.9. The summed E-state index contributed by atoms with van der Waals surface area (Å²) in [5.41, 5.74) is 0.814. The standard InChI is InChI=1S/C14H15FO2/c15-11-6-4-10(5-7-11)14(9-2-1-3-9)8-12(14)13(16)17/h4-7,9,12H,1-3,8H2,(H,16,17)/t12-,14?/m0/s1. The molecule has 2 nitrogen and oxygen atoms in total. The lowest BCUT2D eigenvalue weighted by atomic mass is 9.69. The number of hydrogen-bond donors (Lipinski definition) is 1. The van der Waals surface area contributed by atoms with Crippen LogP contribution in [0.1, 0.15) is 31.2 Å². The molecular formula is C14H15FO2. The van der Waals surface area contributed by atoms with E-state index in [0.717, 1.165) is 24.8 Å². The van der Waals surface area contributed by atoms with Gasteiger partial charge in [0.1, 0.15) is 5.82 Å². The number of carboxylic acids is 1. The molecule has 3 heteroatoms. The van der Waals surface area contributed by atoms with Gasteiger partial charge in [0.2, 0.25) is 0 Å². The molecule has 0 spiro atoms. The molecular weight excluding hydrogens is 219 g/mol. The third-order valence-electron chi connectivity index (χ3n) is 4.52. The number of carbonyl (C=O) groups is 1. The average Bonchev–Trinajstić information content (AvgIpc) is 2.92. The highest BCUT2D eigenvalue weighted by atomic mass is 19.1. The molecule has 2 aliphatic carbocycles. The van der Waals surface area contributed by atoms with E-state index < -0.39 is 5.97 Å². The molecule has 90 valence electrons. The van der Waals surface area contributed by atoms with Gasteiger partial charge in [-0.1, -0.05) is 18.6 Å². The second-order valence-corrected chi connectivity index (χ2v) is 5.27. The van der Waals surface area contributed by atoms with Crippen molar-refractivity contribution in [3.05, 3.63) is 35.6 Å². The molecule has 1 unspecified atom stereocenters. The monoisotopic (exact) mass is 234 g/mol. The molecule has 1 aromatic carbocycles. The van der Waals surface area contributed by atoms with Gasteiger partial charge >= 0.3 is 5.97 Å². The summed E-state index contributed by atoms with van der Waals surface area (Å²) in [4.78, 5) is 11.2. The molecule has 0 saturated heterocycles. The quantitative estimate of drug-likeness (QED) is 0.873. The number of aliphatic carboxylic acids is 1. The maximum atomic E-state index is 12.9. The molecule has 0 bridgehead atoms. The summed E-state index contributed by atoms with van der Waals surface area (Å²) >= 11 is 0. The summed E-state index contributed by atoms with van der Waals surface area (Å²) in [5.74, 6) is -0.751. The van der Waals surface area contributed by atoms with Gasteiger partial charge in [-0.3, -0.25) is 4.79 Å². The molecule has 0 radical (unpaired) electrons. The first-order chi connectivity index (χ1) is 8.14. The predicted molar refractivity (Wildman–Crippen MR) is 61.2 cm³/mol. The Morgan fingerprint density at radius 1 is 1.29 bits per heavy atom. The Balaban J connectivity index is 1.95. The van der Waals surface area contributed by atoms with Gasteiger partial charge in [-0.2, -0.15) is 0 Å². The van der Waals surface area contributed by atoms with Gasteiger partial charge in [-0.25, -0.2) is 4.39 Å². The van der Waals surface area contributed by atoms with E-state index in [1.165, 1.54) is 18.6 Å². The van der Waals surface area contributed by atoms with Crippen molar-refractivity contribution in [2.75, 3.05) is 0 Å². The summed E-state index contributed by atoms with van der Waals surface area (Å²) < 4.78 is 12.9. The fourth-order valence-corrected chi connectivity index (χ4v) is 3.28. The Kier molecular flexibility index (Phi) is 2.25. The summed E-state index contributed by atoms with van der Waals surface area (Å²) in [5, 5.41) is 9.20. The van der Waals surface area contributed by atoms with Crippen molar-refractivity contribution >= 4 is 5.97 Å². The van der Waals surface area contributed by atoms with E-state index in [4.69, 9.17) is 0 Å². The summed E-state index contributed by atoms with van der Waals surface area (Å²) in [7, 11) is 0. The van der Waals surface area contributed by atoms with Crippen LogP contribution >= 0.6 is 0 Å². The number of hydrogen-bond acceptors (Lipinski definition) is 1. The van der Waals surface area contributed by atoms with E-state index in [1.807, 2.05) is 0 Å². The summed E-state index contributed by atoms with van der Waals surface area (Å²) in [6.07, 6.45) is 4.14. The van der Waals surface area contributed by atoms with E-state index >= 15 is 0 Å². The smallest absolute Gasteiger partial charge is 0.307 e. The van der Waals surface area contributed by atoms with Crippen LogP contribution in [0.15, 0.2) is 24.3 Å². The highest BCUT2D eigenvalue weighted by molar-refractivity contribution is 5.77. The Labute approximate surface area is 99.5 Å². The van der Waals surface area contributed by atoms with Crippen LogP contribution in [-0.4, -0.2) is 11.1 Å². The number of rotatable bonds is 3. The van der Waals surface area contributed by atoms with Crippen LogP contribution in [0.5, 0.6) is 0 Å². The summed E-state index contributed by atoms with van der Waals surface area (Å²) in [6.45, 7) is 0. The van der Waals surface area contributed by atoms with Crippen molar-refractivity contribution in [1.82, 2.24) is 0 Å². The van der Waals surface area contributed by atoms with Crippen LogP contribution in [0, 0.1) is 17.7 Å². The molecule has 1 N–H and O–H groups in total. The molecule has 2 aliphatic rings. The lowest BCUT2D eigenvalue weighted by Gasteiger charge is -2.35. The molecule has 2 saturated carbocycles. The van der Waals surface area contributed by atoms with Gasteiger partial charge in [0.25, 0.3) is 0 Å². The third kappa shape index (κ3) is 1.48. The van der Waals surface area contributed by atoms with Crippen molar-refractivity contribution in [2.24, 2.45) is 11.8 Å². The number of benzene rings is 1. The molecule has 2 fully saturated rings. The second-order valence-electron chi connectivity index (χ2n) is 5.27. The van der Waals surface area contributed by atoms with Gasteiger partial charge in [0.15, 0.2) is 0 Å². The fourth-order valence-electron chi connectivity index (χ4n) is 3.28. The minimum absolute atomic E-state index is 0.197. The molecule has 0 aliphatic heterocycles. The van der Waals surface area contributed by atoms with E-state index in [-0.39, 0.29) is 17.2 Å². The highest BCUT2D eigenvalue weighted by Crippen LogP contribution is 2.64. The van der Waals surface area contributed by atoms with Gasteiger partial charge < -0.3 is 5.11 Å². The minimum atomic E-state index is -0.707. The zero-order chi connectivity index (χ0) is 12.0. The van der Waals surface area contributed by atoms with Gasteiger partial charge in [0.05, 0.1) is 5.92 Å². The van der Waals surface area contributed by atoms with Crippen molar-refractivity contribution in [3.63, 3.8) is 0 Å². The molecule has 17 heavy (non-hydrogen) atoms. The number of carboxylic acid groups (broad SMARTS) is 1. The van der Waals surface area contributed by atoms with Gasteiger partial charge in [-0.05, 0) is 42.9 Å². The average molecular weight is 234 g/mol. The molecule has 0 heterocycles. The second kappa shape index (κ2) is 3.56. The van der Waals surface area contributed by atoms with Crippen molar-refractivity contribution in [1.29, 1.82) is 0 Å². The first-order valence-corrected chi connectivity index (χ1v) is 6.13. The largest absolute Gasteiger partial charge is 0.481 e. The maximum Gasteiger partial charge on any atom is 0.307 e. The van der Waals surface area contributed by atoms with Crippen molar-refractivity contribution in [2.45, 2.75) is 31.1 Å². The fraction of sp³-hybridized carbons (Fsp3) is 0.500. The van der Waals surface area contributed by atoms with Gasteiger partial charge in [0, 0.05) is 5.41 Å². The number of halogens is 1. The lowest BCUT2D eigenvalue weighted by Crippen LogP contribution is -2.30. The zero-order valence-electron chi connectivity index (χ0n) is 9.53. The first-order valence-electron chi connectivity index (χ1n) is 6.13. The van der Waals surface area contributed by atoms with Crippen LogP contribution in [0.4, 0.5) is 4.39 Å². The van der Waals surface area contributed by atoms with E-state index in [0.29, 0.717) is 5.92 Å². The Bertz CT molecular complexity index is 450. The summed E-state index contributed by atoms with van der Waals surface area (Å²) in [6, 6.07) is 6.40. The Morgan fingerprint density at radius 3 is 2.35 bits per heavy atom. The molecule has 0 aromatic heterocycles. The normalized spacial score (nSPS) is 31.9. The predicted octanol–water partition coefficient (Wildman–Crippen LogP) is 2.97. The van der Waals surface area contributed by atoms with E-state index in [1.54, 1.807) is 12.1 Å². The SMILES string of the molecule is O=C(O)[C@@H]1CC1(c1ccc(F)cc1)C1CCC1. The molecule has 2 atom stereocenters. The van der Waals surface area contributed by atoms with Crippen LogP contribution in [0.25, 0.3) is 0 Å². The van der Waals surface area contributed by atoms with Gasteiger partial charge in [-0.15, -0.1) is 0 Å². The van der Waals surface area contributed by atoms with Crippen LogP contribution in [-0.2, 0) is 10.2 Å². The molecule has 3 rings (SSSR count). The van der Waals surface area contributed by atoms with Crippen molar-refractivity contribution in [3.8, 4) is 0 Å². The topological polar surface area (TPSA) is 37.3 Å².